The van der Waals surface area contributed by atoms with E-state index in [1.54, 1.807) is 24.3 Å². The standard InChI is InChI=1S/C21H22FNO3/c1-2-23-13-4-3-8-21(23)25-15-14-24-18-9-11-19(12-10-18)26-20-7-5-6-17(22)16-20/h3-12,16H,2,13-15H2,1H3. The van der Waals surface area contributed by atoms with Gasteiger partial charge < -0.3 is 19.1 Å². The molecule has 0 fully saturated rings. The number of likely N-dealkylation sites (N-methyl/N-ethyl adjacent to an activating group) is 1. The zero-order chi connectivity index (χ0) is 18.2. The first kappa shape index (κ1) is 17.9. The van der Waals surface area contributed by atoms with Crippen molar-refractivity contribution in [2.75, 3.05) is 26.3 Å². The second-order valence-electron chi connectivity index (χ2n) is 5.70. The highest BCUT2D eigenvalue weighted by Gasteiger charge is 2.09. The topological polar surface area (TPSA) is 30.9 Å². The minimum absolute atomic E-state index is 0.326. The fraction of sp³-hybridized carbons (Fsp3) is 0.238. The summed E-state index contributed by atoms with van der Waals surface area (Å²) < 4.78 is 30.2. The Hall–Kier alpha value is -2.95. The quantitative estimate of drug-likeness (QED) is 0.640. The lowest BCUT2D eigenvalue weighted by Gasteiger charge is -2.26. The van der Waals surface area contributed by atoms with Crippen LogP contribution in [-0.2, 0) is 4.74 Å². The Balaban J connectivity index is 1.44. The minimum Gasteiger partial charge on any atom is -0.490 e. The number of hydrogen-bond donors (Lipinski definition) is 0. The molecule has 26 heavy (non-hydrogen) atoms. The van der Waals surface area contributed by atoms with E-state index < -0.39 is 0 Å². The van der Waals surface area contributed by atoms with Crippen molar-refractivity contribution < 1.29 is 18.6 Å². The van der Waals surface area contributed by atoms with E-state index in [4.69, 9.17) is 14.2 Å². The summed E-state index contributed by atoms with van der Waals surface area (Å²) in [6, 6.07) is 13.2. The summed E-state index contributed by atoms with van der Waals surface area (Å²) in [7, 11) is 0. The van der Waals surface area contributed by atoms with Crippen LogP contribution in [0.25, 0.3) is 0 Å². The van der Waals surface area contributed by atoms with Gasteiger partial charge in [-0.25, -0.2) is 4.39 Å². The second kappa shape index (κ2) is 8.94. The van der Waals surface area contributed by atoms with E-state index in [-0.39, 0.29) is 5.82 Å². The number of allylic oxidation sites excluding steroid dienone is 2. The van der Waals surface area contributed by atoms with Gasteiger partial charge in [-0.05, 0) is 49.4 Å². The van der Waals surface area contributed by atoms with Gasteiger partial charge in [0, 0.05) is 19.2 Å². The van der Waals surface area contributed by atoms with Crippen LogP contribution >= 0.6 is 0 Å². The average molecular weight is 355 g/mol. The van der Waals surface area contributed by atoms with Crippen molar-refractivity contribution in [1.82, 2.24) is 4.90 Å². The van der Waals surface area contributed by atoms with E-state index in [9.17, 15) is 4.39 Å². The highest BCUT2D eigenvalue weighted by atomic mass is 19.1. The molecule has 0 aromatic heterocycles. The van der Waals surface area contributed by atoms with Gasteiger partial charge in [-0.1, -0.05) is 18.2 Å². The average Bonchev–Trinajstić information content (AvgIpc) is 2.67. The highest BCUT2D eigenvalue weighted by Crippen LogP contribution is 2.24. The van der Waals surface area contributed by atoms with Crippen molar-refractivity contribution in [3.05, 3.63) is 78.5 Å². The molecule has 0 unspecified atom stereocenters. The second-order valence-corrected chi connectivity index (χ2v) is 5.70. The Labute approximate surface area is 153 Å². The molecule has 0 N–H and O–H groups in total. The van der Waals surface area contributed by atoms with Crippen LogP contribution in [0.1, 0.15) is 6.92 Å². The van der Waals surface area contributed by atoms with Crippen LogP contribution in [0, 0.1) is 5.82 Å². The van der Waals surface area contributed by atoms with Crippen LogP contribution in [0.15, 0.2) is 72.6 Å². The van der Waals surface area contributed by atoms with Gasteiger partial charge in [0.2, 0.25) is 0 Å². The fourth-order valence-corrected chi connectivity index (χ4v) is 2.53. The molecule has 2 aromatic carbocycles. The summed E-state index contributed by atoms with van der Waals surface area (Å²) in [5.41, 5.74) is 0. The van der Waals surface area contributed by atoms with Gasteiger partial charge in [-0.15, -0.1) is 0 Å². The molecular weight excluding hydrogens is 333 g/mol. The summed E-state index contributed by atoms with van der Waals surface area (Å²) in [6.07, 6.45) is 6.06. The molecule has 3 rings (SSSR count). The van der Waals surface area contributed by atoms with E-state index in [1.165, 1.54) is 12.1 Å². The highest BCUT2D eigenvalue weighted by molar-refractivity contribution is 5.35. The van der Waals surface area contributed by atoms with Gasteiger partial charge in [-0.3, -0.25) is 0 Å². The predicted octanol–water partition coefficient (Wildman–Crippen LogP) is 4.75. The van der Waals surface area contributed by atoms with E-state index in [0.717, 1.165) is 24.7 Å². The third-order valence-corrected chi connectivity index (χ3v) is 3.85. The molecule has 0 aliphatic carbocycles. The molecule has 1 aliphatic rings. The molecule has 5 heteroatoms. The maximum Gasteiger partial charge on any atom is 0.189 e. The first-order valence-electron chi connectivity index (χ1n) is 8.65. The van der Waals surface area contributed by atoms with Gasteiger partial charge in [0.25, 0.3) is 0 Å². The van der Waals surface area contributed by atoms with Gasteiger partial charge >= 0.3 is 0 Å². The first-order valence-corrected chi connectivity index (χ1v) is 8.65. The van der Waals surface area contributed by atoms with Crippen LogP contribution in [0.3, 0.4) is 0 Å². The summed E-state index contributed by atoms with van der Waals surface area (Å²) in [5, 5.41) is 0. The number of ether oxygens (including phenoxy) is 3. The molecule has 0 amide bonds. The molecule has 2 aromatic rings. The molecule has 0 bridgehead atoms. The third kappa shape index (κ3) is 5.02. The molecule has 1 heterocycles. The number of hydrogen-bond acceptors (Lipinski definition) is 4. The Morgan fingerprint density at radius 2 is 1.73 bits per heavy atom. The smallest absolute Gasteiger partial charge is 0.189 e. The van der Waals surface area contributed by atoms with Crippen molar-refractivity contribution >= 4 is 0 Å². The van der Waals surface area contributed by atoms with Crippen molar-refractivity contribution in [3.8, 4) is 17.2 Å². The Kier molecular flexibility index (Phi) is 6.14. The molecule has 0 saturated heterocycles. The lowest BCUT2D eigenvalue weighted by atomic mass is 10.3. The van der Waals surface area contributed by atoms with Crippen LogP contribution in [0.4, 0.5) is 4.39 Å². The SMILES string of the molecule is CCN1CC=CC=C1OCCOc1ccc(Oc2cccc(F)c2)cc1. The van der Waals surface area contributed by atoms with E-state index in [1.807, 2.05) is 24.3 Å². The van der Waals surface area contributed by atoms with Gasteiger partial charge in [-0.2, -0.15) is 0 Å². The largest absolute Gasteiger partial charge is 0.490 e. The minimum atomic E-state index is -0.326. The maximum absolute atomic E-state index is 13.2. The number of rotatable bonds is 8. The summed E-state index contributed by atoms with van der Waals surface area (Å²) in [6.45, 7) is 4.79. The molecule has 4 nitrogen and oxygen atoms in total. The number of nitrogens with zero attached hydrogens (tertiary/aromatic N) is 1. The zero-order valence-electron chi connectivity index (χ0n) is 14.7. The normalized spacial score (nSPS) is 13.3. The van der Waals surface area contributed by atoms with Crippen LogP contribution in [0.2, 0.25) is 0 Å². The van der Waals surface area contributed by atoms with Crippen LogP contribution in [-0.4, -0.2) is 31.2 Å². The maximum atomic E-state index is 13.2. The monoisotopic (exact) mass is 355 g/mol. The fourth-order valence-electron chi connectivity index (χ4n) is 2.53. The van der Waals surface area contributed by atoms with Gasteiger partial charge in [0.15, 0.2) is 5.88 Å². The van der Waals surface area contributed by atoms with Crippen LogP contribution in [0.5, 0.6) is 17.2 Å². The summed E-state index contributed by atoms with van der Waals surface area (Å²) in [5.74, 6) is 2.36. The zero-order valence-corrected chi connectivity index (χ0v) is 14.7. The van der Waals surface area contributed by atoms with Crippen molar-refractivity contribution in [2.24, 2.45) is 0 Å². The molecular formula is C21H22FNO3. The molecule has 0 saturated carbocycles. The van der Waals surface area contributed by atoms with Gasteiger partial charge in [0.05, 0.1) is 0 Å². The van der Waals surface area contributed by atoms with E-state index in [2.05, 4.69) is 17.9 Å². The number of halogens is 1. The Morgan fingerprint density at radius 1 is 0.962 bits per heavy atom. The Morgan fingerprint density at radius 3 is 2.50 bits per heavy atom. The molecule has 0 radical (unpaired) electrons. The van der Waals surface area contributed by atoms with E-state index >= 15 is 0 Å². The van der Waals surface area contributed by atoms with Crippen molar-refractivity contribution in [1.29, 1.82) is 0 Å². The molecule has 136 valence electrons. The number of benzene rings is 2. The summed E-state index contributed by atoms with van der Waals surface area (Å²) >= 11 is 0. The van der Waals surface area contributed by atoms with Crippen molar-refractivity contribution in [3.63, 3.8) is 0 Å². The lowest BCUT2D eigenvalue weighted by molar-refractivity contribution is 0.0944. The van der Waals surface area contributed by atoms with Gasteiger partial charge in [0.1, 0.15) is 36.3 Å². The lowest BCUT2D eigenvalue weighted by Crippen LogP contribution is -2.27. The predicted molar refractivity (Wildman–Crippen MR) is 98.8 cm³/mol. The molecule has 0 atom stereocenters. The first-order chi connectivity index (χ1) is 12.7. The van der Waals surface area contributed by atoms with E-state index in [0.29, 0.717) is 24.7 Å². The third-order valence-electron chi connectivity index (χ3n) is 3.85. The molecule has 0 spiro atoms. The van der Waals surface area contributed by atoms with Crippen LogP contribution < -0.4 is 9.47 Å². The Bertz CT molecular complexity index is 771. The van der Waals surface area contributed by atoms with Crippen molar-refractivity contribution in [2.45, 2.75) is 6.92 Å². The molecule has 1 aliphatic heterocycles. The summed E-state index contributed by atoms with van der Waals surface area (Å²) in [4.78, 5) is 2.15.